The predicted octanol–water partition coefficient (Wildman–Crippen LogP) is 0.309. The Labute approximate surface area is 61.9 Å². The van der Waals surface area contributed by atoms with Gasteiger partial charge in [-0.2, -0.15) is 0 Å². The zero-order chi connectivity index (χ0) is 7.56. The average molecular weight is 145 g/mol. The predicted molar refractivity (Wildman–Crippen MR) is 38.8 cm³/mol. The second-order valence-electron chi connectivity index (χ2n) is 2.92. The Morgan fingerprint density at radius 3 is 2.60 bits per heavy atom. The molecule has 0 bridgehead atoms. The van der Waals surface area contributed by atoms with E-state index >= 15 is 0 Å². The maximum Gasteiger partial charge on any atom is 0.155 e. The van der Waals surface area contributed by atoms with Gasteiger partial charge in [-0.1, -0.05) is 0 Å². The van der Waals surface area contributed by atoms with Crippen LogP contribution in [-0.2, 0) is 9.47 Å². The average Bonchev–Trinajstić information content (AvgIpc) is 2.13. The molecule has 2 atom stereocenters. The summed E-state index contributed by atoms with van der Waals surface area (Å²) in [5.41, 5.74) is 0. The molecule has 1 aliphatic heterocycles. The highest BCUT2D eigenvalue weighted by Crippen LogP contribution is 2.10. The summed E-state index contributed by atoms with van der Waals surface area (Å²) in [6.45, 7) is 3.61. The van der Waals surface area contributed by atoms with Crippen LogP contribution in [0.3, 0.4) is 0 Å². The Bertz CT molecular complexity index is 106. The maximum atomic E-state index is 5.41. The first kappa shape index (κ1) is 7.98. The van der Waals surface area contributed by atoms with Gasteiger partial charge in [-0.3, -0.25) is 0 Å². The van der Waals surface area contributed by atoms with Crippen LogP contribution < -0.4 is 0 Å². The van der Waals surface area contributed by atoms with Gasteiger partial charge in [0, 0.05) is 6.54 Å². The van der Waals surface area contributed by atoms with E-state index < -0.39 is 0 Å². The lowest BCUT2D eigenvalue weighted by Gasteiger charge is -2.13. The Hall–Kier alpha value is -0.120. The molecule has 1 saturated heterocycles. The van der Waals surface area contributed by atoms with E-state index in [9.17, 15) is 0 Å². The van der Waals surface area contributed by atoms with Gasteiger partial charge < -0.3 is 14.4 Å². The highest BCUT2D eigenvalue weighted by molar-refractivity contribution is 4.65. The maximum absolute atomic E-state index is 5.41. The van der Waals surface area contributed by atoms with Crippen molar-refractivity contribution in [2.45, 2.75) is 19.3 Å². The lowest BCUT2D eigenvalue weighted by atomic mass is 10.4. The fourth-order valence-electron chi connectivity index (χ4n) is 1.10. The van der Waals surface area contributed by atoms with Crippen LogP contribution in [0.15, 0.2) is 0 Å². The molecule has 0 spiro atoms. The zero-order valence-corrected chi connectivity index (χ0v) is 6.83. The van der Waals surface area contributed by atoms with Crippen molar-refractivity contribution < 1.29 is 9.47 Å². The number of hydrogen-bond donors (Lipinski definition) is 0. The van der Waals surface area contributed by atoms with Crippen molar-refractivity contribution in [3.05, 3.63) is 0 Å². The Balaban J connectivity index is 2.18. The quantitative estimate of drug-likeness (QED) is 0.558. The van der Waals surface area contributed by atoms with Gasteiger partial charge in [0.1, 0.15) is 0 Å². The molecule has 60 valence electrons. The van der Waals surface area contributed by atoms with E-state index in [4.69, 9.17) is 9.47 Å². The van der Waals surface area contributed by atoms with Crippen LogP contribution in [-0.4, -0.2) is 44.5 Å². The van der Waals surface area contributed by atoms with Gasteiger partial charge in [0.2, 0.25) is 0 Å². The molecule has 3 nitrogen and oxygen atoms in total. The first-order valence-electron chi connectivity index (χ1n) is 3.60. The van der Waals surface area contributed by atoms with Gasteiger partial charge in [-0.25, -0.2) is 0 Å². The Kier molecular flexibility index (Phi) is 2.65. The summed E-state index contributed by atoms with van der Waals surface area (Å²) in [7, 11) is 4.07. The standard InChI is InChI=1S/C7H15NO2/c1-6-9-5-7(10-6)4-8(2)3/h6-7H,4-5H2,1-3H3/t6-,7+/m1/s1. The van der Waals surface area contributed by atoms with Crippen LogP contribution in [0.5, 0.6) is 0 Å². The number of rotatable bonds is 2. The Morgan fingerprint density at radius 2 is 2.20 bits per heavy atom. The molecular formula is C7H15NO2. The molecule has 1 rings (SSSR count). The third-order valence-corrected chi connectivity index (χ3v) is 1.47. The van der Waals surface area contributed by atoms with Crippen molar-refractivity contribution in [3.8, 4) is 0 Å². The van der Waals surface area contributed by atoms with Crippen molar-refractivity contribution in [1.82, 2.24) is 4.90 Å². The molecule has 0 aromatic carbocycles. The van der Waals surface area contributed by atoms with Gasteiger partial charge in [0.05, 0.1) is 12.7 Å². The molecule has 0 unspecified atom stereocenters. The van der Waals surface area contributed by atoms with Gasteiger partial charge in [0.25, 0.3) is 0 Å². The molecule has 0 aliphatic carbocycles. The van der Waals surface area contributed by atoms with Crippen LogP contribution in [0.1, 0.15) is 6.92 Å². The molecule has 0 N–H and O–H groups in total. The van der Waals surface area contributed by atoms with Crippen LogP contribution in [0.2, 0.25) is 0 Å². The van der Waals surface area contributed by atoms with E-state index in [-0.39, 0.29) is 12.4 Å². The van der Waals surface area contributed by atoms with E-state index in [2.05, 4.69) is 4.90 Å². The highest BCUT2D eigenvalue weighted by Gasteiger charge is 2.22. The monoisotopic (exact) mass is 145 g/mol. The fraction of sp³-hybridized carbons (Fsp3) is 1.00. The topological polar surface area (TPSA) is 21.7 Å². The second-order valence-corrected chi connectivity index (χ2v) is 2.92. The summed E-state index contributed by atoms with van der Waals surface area (Å²) in [6.07, 6.45) is 0.259. The van der Waals surface area contributed by atoms with Crippen LogP contribution in [0, 0.1) is 0 Å². The summed E-state index contributed by atoms with van der Waals surface area (Å²) in [6, 6.07) is 0. The summed E-state index contributed by atoms with van der Waals surface area (Å²) in [5.74, 6) is 0. The van der Waals surface area contributed by atoms with Crippen molar-refractivity contribution in [2.75, 3.05) is 27.2 Å². The third-order valence-electron chi connectivity index (χ3n) is 1.47. The van der Waals surface area contributed by atoms with Crippen molar-refractivity contribution >= 4 is 0 Å². The first-order valence-corrected chi connectivity index (χ1v) is 3.60. The normalized spacial score (nSPS) is 33.6. The van der Waals surface area contributed by atoms with Crippen molar-refractivity contribution in [2.24, 2.45) is 0 Å². The SMILES string of the molecule is C[C@@H]1OC[C@H](CN(C)C)O1. The summed E-state index contributed by atoms with van der Waals surface area (Å²) >= 11 is 0. The van der Waals surface area contributed by atoms with Gasteiger partial charge >= 0.3 is 0 Å². The molecule has 3 heteroatoms. The molecule has 0 amide bonds. The summed E-state index contributed by atoms with van der Waals surface area (Å²) < 4.78 is 10.6. The summed E-state index contributed by atoms with van der Waals surface area (Å²) in [4.78, 5) is 2.10. The highest BCUT2D eigenvalue weighted by atomic mass is 16.7. The zero-order valence-electron chi connectivity index (χ0n) is 6.83. The number of ether oxygens (including phenoxy) is 2. The van der Waals surface area contributed by atoms with E-state index in [0.717, 1.165) is 13.2 Å². The molecule has 1 fully saturated rings. The van der Waals surface area contributed by atoms with Crippen molar-refractivity contribution in [3.63, 3.8) is 0 Å². The van der Waals surface area contributed by atoms with Gasteiger partial charge in [-0.15, -0.1) is 0 Å². The minimum Gasteiger partial charge on any atom is -0.350 e. The minimum atomic E-state index is -0.00931. The number of likely N-dealkylation sites (N-methyl/N-ethyl adjacent to an activating group) is 1. The van der Waals surface area contributed by atoms with E-state index in [1.807, 2.05) is 21.0 Å². The van der Waals surface area contributed by atoms with Gasteiger partial charge in [0.15, 0.2) is 6.29 Å². The number of nitrogens with zero attached hydrogens (tertiary/aromatic N) is 1. The lowest BCUT2D eigenvalue weighted by molar-refractivity contribution is -0.0450. The molecule has 1 heterocycles. The van der Waals surface area contributed by atoms with E-state index in [1.165, 1.54) is 0 Å². The number of hydrogen-bond acceptors (Lipinski definition) is 3. The van der Waals surface area contributed by atoms with Crippen LogP contribution in [0.25, 0.3) is 0 Å². The molecule has 0 radical (unpaired) electrons. The lowest BCUT2D eigenvalue weighted by Crippen LogP contribution is -2.27. The van der Waals surface area contributed by atoms with E-state index in [0.29, 0.717) is 0 Å². The molecule has 0 saturated carbocycles. The molecule has 10 heavy (non-hydrogen) atoms. The van der Waals surface area contributed by atoms with Crippen LogP contribution in [0.4, 0.5) is 0 Å². The van der Waals surface area contributed by atoms with Crippen molar-refractivity contribution in [1.29, 1.82) is 0 Å². The molecule has 0 aromatic rings. The third kappa shape index (κ3) is 2.25. The summed E-state index contributed by atoms with van der Waals surface area (Å²) in [5, 5.41) is 0. The molecular weight excluding hydrogens is 130 g/mol. The first-order chi connectivity index (χ1) is 4.68. The van der Waals surface area contributed by atoms with Crippen LogP contribution >= 0.6 is 0 Å². The Morgan fingerprint density at radius 1 is 1.50 bits per heavy atom. The second kappa shape index (κ2) is 3.32. The largest absolute Gasteiger partial charge is 0.350 e. The smallest absolute Gasteiger partial charge is 0.155 e. The van der Waals surface area contributed by atoms with E-state index in [1.54, 1.807) is 0 Å². The minimum absolute atomic E-state index is 0.00931. The molecule has 1 aliphatic rings. The molecule has 0 aromatic heterocycles. The fourth-order valence-corrected chi connectivity index (χ4v) is 1.10. The van der Waals surface area contributed by atoms with Gasteiger partial charge in [-0.05, 0) is 21.0 Å².